The van der Waals surface area contributed by atoms with E-state index in [1.54, 1.807) is 18.5 Å². The molecule has 5 rings (SSSR count). The molecule has 0 spiro atoms. The summed E-state index contributed by atoms with van der Waals surface area (Å²) < 4.78 is 5.97. The van der Waals surface area contributed by atoms with E-state index >= 15 is 0 Å². The molecule has 5 aromatic rings. The number of pyridine rings is 1. The van der Waals surface area contributed by atoms with Crippen LogP contribution in [0.2, 0.25) is 0 Å². The van der Waals surface area contributed by atoms with Gasteiger partial charge in [0.25, 0.3) is 5.91 Å². The third-order valence-corrected chi connectivity index (χ3v) is 5.09. The number of amides is 1. The zero-order valence-corrected chi connectivity index (χ0v) is 18.1. The van der Waals surface area contributed by atoms with Crippen LogP contribution in [0.3, 0.4) is 0 Å². The Bertz CT molecular complexity index is 1500. The minimum atomic E-state index is -0.259. The van der Waals surface area contributed by atoms with E-state index in [-0.39, 0.29) is 5.91 Å². The summed E-state index contributed by atoms with van der Waals surface area (Å²) in [5, 5.41) is 2.95. The average Bonchev–Trinajstić information content (AvgIpc) is 3.39. The molecule has 1 N–H and O–H groups in total. The van der Waals surface area contributed by atoms with Crippen molar-refractivity contribution in [3.63, 3.8) is 0 Å². The summed E-state index contributed by atoms with van der Waals surface area (Å²) >= 11 is 0. The van der Waals surface area contributed by atoms with Crippen LogP contribution in [0.4, 0.5) is 5.69 Å². The van der Waals surface area contributed by atoms with Crippen molar-refractivity contribution >= 4 is 11.6 Å². The molecule has 2 heterocycles. The normalized spacial score (nSPS) is 10.2. The Morgan fingerprint density at radius 1 is 0.794 bits per heavy atom. The first-order valence-electron chi connectivity index (χ1n) is 10.7. The van der Waals surface area contributed by atoms with Gasteiger partial charge in [-0.1, -0.05) is 60.5 Å². The van der Waals surface area contributed by atoms with Crippen molar-refractivity contribution in [2.75, 3.05) is 5.32 Å². The summed E-state index contributed by atoms with van der Waals surface area (Å²) in [6.07, 6.45) is 3.37. The number of anilines is 1. The van der Waals surface area contributed by atoms with E-state index in [0.717, 1.165) is 11.1 Å². The van der Waals surface area contributed by atoms with Crippen molar-refractivity contribution in [1.82, 2.24) is 9.97 Å². The fraction of sp³-hybridized carbons (Fsp3) is 0. The summed E-state index contributed by atoms with van der Waals surface area (Å²) in [5.74, 6) is 6.88. The molecule has 1 amide bonds. The lowest BCUT2D eigenvalue weighted by Crippen LogP contribution is -2.13. The molecule has 0 bridgehead atoms. The standard InChI is InChI=1S/C29H19N3O2/c33-28(32-24-13-8-9-21(19-24)16-17-23-12-6-7-18-30-23)25-14-4-5-15-26(25)29-31-20-27(34-29)22-10-2-1-3-11-22/h1-15,18-20H,(H,32,33). The van der Waals surface area contributed by atoms with Crippen LogP contribution in [0.5, 0.6) is 0 Å². The molecular weight excluding hydrogens is 422 g/mol. The van der Waals surface area contributed by atoms with Crippen LogP contribution < -0.4 is 5.32 Å². The molecule has 5 nitrogen and oxygen atoms in total. The Labute approximate surface area is 197 Å². The second kappa shape index (κ2) is 9.68. The van der Waals surface area contributed by atoms with Crippen molar-refractivity contribution in [2.45, 2.75) is 0 Å². The first-order chi connectivity index (χ1) is 16.8. The van der Waals surface area contributed by atoms with Gasteiger partial charge in [0.05, 0.1) is 11.8 Å². The summed E-state index contributed by atoms with van der Waals surface area (Å²) in [7, 11) is 0. The smallest absolute Gasteiger partial charge is 0.256 e. The monoisotopic (exact) mass is 441 g/mol. The number of oxazole rings is 1. The highest BCUT2D eigenvalue weighted by molar-refractivity contribution is 6.08. The molecule has 3 aromatic carbocycles. The SMILES string of the molecule is O=C(Nc1cccc(C#Cc2ccccn2)c1)c1ccccc1-c1ncc(-c2ccccc2)o1. The maximum Gasteiger partial charge on any atom is 0.256 e. The van der Waals surface area contributed by atoms with Gasteiger partial charge in [-0.2, -0.15) is 0 Å². The van der Waals surface area contributed by atoms with Crippen molar-refractivity contribution in [3.05, 3.63) is 126 Å². The molecule has 2 aromatic heterocycles. The minimum Gasteiger partial charge on any atom is -0.436 e. The van der Waals surface area contributed by atoms with Crippen LogP contribution in [-0.4, -0.2) is 15.9 Å². The summed E-state index contributed by atoms with van der Waals surface area (Å²) in [6.45, 7) is 0. The molecular formula is C29H19N3O2. The molecule has 0 radical (unpaired) electrons. The fourth-order valence-electron chi connectivity index (χ4n) is 3.45. The number of rotatable bonds is 4. The first-order valence-corrected chi connectivity index (χ1v) is 10.7. The Balaban J connectivity index is 1.38. The molecule has 0 unspecified atom stereocenters. The first kappa shape index (κ1) is 20.9. The molecule has 0 saturated carbocycles. The zero-order chi connectivity index (χ0) is 23.2. The van der Waals surface area contributed by atoms with E-state index in [9.17, 15) is 4.79 Å². The number of aromatic nitrogens is 2. The number of carbonyl (C=O) groups is 1. The van der Waals surface area contributed by atoms with Gasteiger partial charge in [-0.15, -0.1) is 0 Å². The van der Waals surface area contributed by atoms with Gasteiger partial charge in [-0.25, -0.2) is 9.97 Å². The lowest BCUT2D eigenvalue weighted by Gasteiger charge is -2.08. The number of hydrogen-bond donors (Lipinski definition) is 1. The number of carbonyl (C=O) groups excluding carboxylic acids is 1. The van der Waals surface area contributed by atoms with Gasteiger partial charge in [0.15, 0.2) is 5.76 Å². The predicted octanol–water partition coefficient (Wildman–Crippen LogP) is 6.06. The van der Waals surface area contributed by atoms with E-state index < -0.39 is 0 Å². The van der Waals surface area contributed by atoms with Crippen molar-refractivity contribution < 1.29 is 9.21 Å². The van der Waals surface area contributed by atoms with Gasteiger partial charge < -0.3 is 9.73 Å². The third kappa shape index (κ3) is 4.77. The van der Waals surface area contributed by atoms with E-state index in [0.29, 0.717) is 34.2 Å². The van der Waals surface area contributed by atoms with Gasteiger partial charge in [0.1, 0.15) is 5.69 Å². The van der Waals surface area contributed by atoms with Gasteiger partial charge in [0, 0.05) is 28.6 Å². The van der Waals surface area contributed by atoms with Crippen LogP contribution in [0.15, 0.2) is 114 Å². The van der Waals surface area contributed by atoms with Gasteiger partial charge in [-0.3, -0.25) is 4.79 Å². The zero-order valence-electron chi connectivity index (χ0n) is 18.1. The molecule has 0 aliphatic carbocycles. The largest absolute Gasteiger partial charge is 0.436 e. The van der Waals surface area contributed by atoms with Gasteiger partial charge in [-0.05, 0) is 48.4 Å². The van der Waals surface area contributed by atoms with Crippen molar-refractivity contribution in [3.8, 4) is 34.6 Å². The molecule has 5 heteroatoms. The summed E-state index contributed by atoms with van der Waals surface area (Å²) in [5.41, 5.74) is 4.11. The van der Waals surface area contributed by atoms with Gasteiger partial charge >= 0.3 is 0 Å². The average molecular weight is 441 g/mol. The molecule has 34 heavy (non-hydrogen) atoms. The topological polar surface area (TPSA) is 68.0 Å². The lowest BCUT2D eigenvalue weighted by molar-refractivity contribution is 0.102. The highest BCUT2D eigenvalue weighted by Gasteiger charge is 2.17. The number of nitrogens with zero attached hydrogens (tertiary/aromatic N) is 2. The Morgan fingerprint density at radius 2 is 1.62 bits per heavy atom. The van der Waals surface area contributed by atoms with Gasteiger partial charge in [0.2, 0.25) is 5.89 Å². The fourth-order valence-corrected chi connectivity index (χ4v) is 3.45. The number of hydrogen-bond acceptors (Lipinski definition) is 4. The van der Waals surface area contributed by atoms with Crippen LogP contribution in [0, 0.1) is 11.8 Å². The number of benzene rings is 3. The van der Waals surface area contributed by atoms with Crippen LogP contribution >= 0.6 is 0 Å². The maximum atomic E-state index is 13.1. The molecule has 0 aliphatic heterocycles. The highest BCUT2D eigenvalue weighted by Crippen LogP contribution is 2.28. The van der Waals surface area contributed by atoms with Crippen molar-refractivity contribution in [2.24, 2.45) is 0 Å². The van der Waals surface area contributed by atoms with Crippen molar-refractivity contribution in [1.29, 1.82) is 0 Å². The lowest BCUT2D eigenvalue weighted by atomic mass is 10.1. The molecule has 162 valence electrons. The Morgan fingerprint density at radius 3 is 2.47 bits per heavy atom. The van der Waals surface area contributed by atoms with E-state index in [1.807, 2.05) is 91.0 Å². The summed E-state index contributed by atoms with van der Waals surface area (Å²) in [4.78, 5) is 21.8. The Hall–Kier alpha value is -4.95. The van der Waals surface area contributed by atoms with Crippen LogP contribution in [0.25, 0.3) is 22.8 Å². The minimum absolute atomic E-state index is 0.259. The van der Waals surface area contributed by atoms with Crippen LogP contribution in [-0.2, 0) is 0 Å². The third-order valence-electron chi connectivity index (χ3n) is 5.09. The predicted molar refractivity (Wildman–Crippen MR) is 132 cm³/mol. The van der Waals surface area contributed by atoms with E-state index in [4.69, 9.17) is 4.42 Å². The quantitative estimate of drug-likeness (QED) is 0.345. The van der Waals surface area contributed by atoms with E-state index in [1.165, 1.54) is 0 Å². The molecule has 0 aliphatic rings. The molecule has 0 saturated heterocycles. The van der Waals surface area contributed by atoms with E-state index in [2.05, 4.69) is 27.1 Å². The molecule has 0 atom stereocenters. The van der Waals surface area contributed by atoms with Crippen LogP contribution in [0.1, 0.15) is 21.6 Å². The second-order valence-electron chi connectivity index (χ2n) is 7.44. The highest BCUT2D eigenvalue weighted by atomic mass is 16.4. The Kier molecular flexibility index (Phi) is 5.96. The number of nitrogens with one attached hydrogen (secondary N) is 1. The second-order valence-corrected chi connectivity index (χ2v) is 7.44. The maximum absolute atomic E-state index is 13.1. The molecule has 0 fully saturated rings. The summed E-state index contributed by atoms with van der Waals surface area (Å²) in [6, 6.07) is 29.9.